The van der Waals surface area contributed by atoms with Crippen LogP contribution in [0, 0.1) is 0 Å². The Morgan fingerprint density at radius 2 is 1.46 bits per heavy atom. The van der Waals surface area contributed by atoms with Crippen LogP contribution >= 0.6 is 11.6 Å². The molecule has 0 bridgehead atoms. The monoisotopic (exact) mass is 824 g/mol. The molecule has 4 aromatic rings. The number of fused-ring (bicyclic) bond motifs is 7. The zero-order valence-corrected chi connectivity index (χ0v) is 35.3. The SMILES string of the molecule is CC1(C)C(/C=C/C2=C(Cl)C(=C/C=C3\C(C)(C)c4c(ccc5ccccc45)[N+]34CCCC4S(=O)(=O)[O-])/CCC2)=[N+](CCCCS(=O)(=O)[O-])c2ccc3ccccc3c21. The van der Waals surface area contributed by atoms with E-state index in [-0.39, 0.29) is 22.1 Å². The Morgan fingerprint density at radius 1 is 0.789 bits per heavy atom. The van der Waals surface area contributed by atoms with Crippen LogP contribution < -0.4 is 4.48 Å². The predicted molar refractivity (Wildman–Crippen MR) is 229 cm³/mol. The molecule has 0 N–H and O–H groups in total. The van der Waals surface area contributed by atoms with Crippen LogP contribution in [0.15, 0.2) is 119 Å². The van der Waals surface area contributed by atoms with Crippen molar-refractivity contribution in [1.29, 1.82) is 0 Å². The van der Waals surface area contributed by atoms with Crippen molar-refractivity contribution in [3.05, 3.63) is 130 Å². The highest BCUT2D eigenvalue weighted by Gasteiger charge is 2.61. The van der Waals surface area contributed by atoms with E-state index in [1.165, 1.54) is 10.9 Å². The first-order valence-corrected chi connectivity index (χ1v) is 23.3. The Kier molecular flexibility index (Phi) is 10.1. The third-order valence-electron chi connectivity index (χ3n) is 12.9. The van der Waals surface area contributed by atoms with Gasteiger partial charge in [-0.15, -0.1) is 0 Å². The van der Waals surface area contributed by atoms with Crippen molar-refractivity contribution >= 4 is 70.5 Å². The second-order valence-corrected chi connectivity index (χ2v) is 20.5. The molecule has 3 heterocycles. The van der Waals surface area contributed by atoms with Gasteiger partial charge >= 0.3 is 0 Å². The highest BCUT2D eigenvalue weighted by molar-refractivity contribution is 7.86. The molecule has 0 saturated carbocycles. The summed E-state index contributed by atoms with van der Waals surface area (Å²) in [6.45, 7) is 9.80. The molecule has 1 aliphatic carbocycles. The average molecular weight is 825 g/mol. The van der Waals surface area contributed by atoms with E-state index < -0.39 is 31.0 Å². The van der Waals surface area contributed by atoms with E-state index in [1.807, 2.05) is 36.4 Å². The van der Waals surface area contributed by atoms with Crippen LogP contribution in [-0.4, -0.2) is 60.4 Å². The lowest BCUT2D eigenvalue weighted by Gasteiger charge is -2.39. The van der Waals surface area contributed by atoms with Crippen LogP contribution in [0.4, 0.5) is 11.4 Å². The highest BCUT2D eigenvalue weighted by Crippen LogP contribution is 2.59. The third-order valence-corrected chi connectivity index (χ3v) is 15.5. The Balaban J connectivity index is 1.20. The molecular weight excluding hydrogens is 776 g/mol. The minimum atomic E-state index is -4.64. The van der Waals surface area contributed by atoms with Crippen molar-refractivity contribution in [1.82, 2.24) is 4.48 Å². The molecule has 4 aromatic carbocycles. The van der Waals surface area contributed by atoms with Gasteiger partial charge in [0.25, 0.3) is 0 Å². The quantitative estimate of drug-likeness (QED) is 0.0718. The lowest BCUT2D eigenvalue weighted by Crippen LogP contribution is -2.55. The van der Waals surface area contributed by atoms with Gasteiger partial charge in [-0.2, -0.15) is 4.58 Å². The molecule has 4 aliphatic rings. The molecule has 2 unspecified atom stereocenters. The minimum absolute atomic E-state index is 0.0239. The second-order valence-electron chi connectivity index (χ2n) is 17.1. The van der Waals surface area contributed by atoms with E-state index in [0.29, 0.717) is 37.4 Å². The fourth-order valence-corrected chi connectivity index (χ4v) is 12.6. The molecule has 0 amide bonds. The summed E-state index contributed by atoms with van der Waals surface area (Å²) in [7, 11) is -8.94. The normalized spacial score (nSPS) is 24.6. The van der Waals surface area contributed by atoms with Gasteiger partial charge in [-0.3, -0.25) is 0 Å². The number of rotatable bonds is 9. The zero-order valence-electron chi connectivity index (χ0n) is 32.9. The average Bonchev–Trinajstić information content (AvgIpc) is 3.76. The highest BCUT2D eigenvalue weighted by atomic mass is 35.5. The number of hydrogen-bond donors (Lipinski definition) is 0. The molecule has 1 saturated heterocycles. The van der Waals surface area contributed by atoms with Crippen molar-refractivity contribution in [2.75, 3.05) is 18.8 Å². The van der Waals surface area contributed by atoms with Gasteiger partial charge < -0.3 is 9.11 Å². The fraction of sp³-hybridized carbons (Fsp3) is 0.370. The van der Waals surface area contributed by atoms with E-state index in [4.69, 9.17) is 11.6 Å². The third kappa shape index (κ3) is 6.76. The van der Waals surface area contributed by atoms with Crippen LogP contribution in [0.1, 0.15) is 83.8 Å². The standard InChI is InChI=1S/C46H49ClN2O6S2/c1-45(2)39(48(28-9-10-30-56(50,51)52)37-24-20-31-13-5-7-17-35(31)42(37)45)26-22-33-15-11-16-34(44(33)47)23-27-40-46(3,4)43-36-18-8-6-14-32(36)21-25-38(43)49(40)29-12-19-41(49)57(53,54)55/h5-8,13-14,17-18,20-27,41H,9-12,15-16,19,28-30H2,1-4H3/b26-22+,34-23+,40-27+. The van der Waals surface area contributed by atoms with E-state index >= 15 is 0 Å². The van der Waals surface area contributed by atoms with Gasteiger partial charge in [0.2, 0.25) is 5.69 Å². The number of quaternary nitrogens is 1. The minimum Gasteiger partial charge on any atom is -0.748 e. The van der Waals surface area contributed by atoms with Crippen molar-refractivity contribution in [3.8, 4) is 0 Å². The summed E-state index contributed by atoms with van der Waals surface area (Å²) in [5.41, 5.74) is 7.21. The van der Waals surface area contributed by atoms with Crippen molar-refractivity contribution in [3.63, 3.8) is 0 Å². The zero-order chi connectivity index (χ0) is 40.5. The predicted octanol–water partition coefficient (Wildman–Crippen LogP) is 9.70. The number of halogens is 1. The molecule has 0 radical (unpaired) electrons. The van der Waals surface area contributed by atoms with Crippen molar-refractivity contribution in [2.45, 2.75) is 88.8 Å². The van der Waals surface area contributed by atoms with Crippen LogP contribution in [0.2, 0.25) is 0 Å². The molecule has 3 aliphatic heterocycles. The molecule has 11 heteroatoms. The fourth-order valence-electron chi connectivity index (χ4n) is 10.5. The first-order chi connectivity index (χ1) is 27.0. The summed E-state index contributed by atoms with van der Waals surface area (Å²) in [6, 6.07) is 24.8. The van der Waals surface area contributed by atoms with Crippen LogP contribution in [-0.2, 0) is 31.1 Å². The molecule has 57 heavy (non-hydrogen) atoms. The number of benzene rings is 4. The van der Waals surface area contributed by atoms with Crippen molar-refractivity contribution < 1.29 is 30.5 Å². The molecule has 8 rings (SSSR count). The Hall–Kier alpha value is -3.90. The summed E-state index contributed by atoms with van der Waals surface area (Å²) >= 11 is 7.30. The van der Waals surface area contributed by atoms with E-state index in [9.17, 15) is 25.9 Å². The number of unbranched alkanes of at least 4 members (excludes halogenated alkanes) is 1. The summed E-state index contributed by atoms with van der Waals surface area (Å²) < 4.78 is 75.6. The molecule has 1 fully saturated rings. The van der Waals surface area contributed by atoms with Gasteiger partial charge in [0, 0.05) is 59.4 Å². The second kappa shape index (κ2) is 14.4. The number of nitrogens with zero attached hydrogens (tertiary/aromatic N) is 2. The molecule has 0 aromatic heterocycles. The molecule has 2 atom stereocenters. The van der Waals surface area contributed by atoms with E-state index in [2.05, 4.69) is 93.0 Å². The van der Waals surface area contributed by atoms with Gasteiger partial charge in [-0.05, 0) is 104 Å². The Bertz CT molecular complexity index is 2720. The maximum Gasteiger partial charge on any atom is 0.210 e. The lowest BCUT2D eigenvalue weighted by atomic mass is 9.78. The van der Waals surface area contributed by atoms with Gasteiger partial charge in [0.15, 0.2) is 21.2 Å². The van der Waals surface area contributed by atoms with E-state index in [0.717, 1.165) is 74.9 Å². The summed E-state index contributed by atoms with van der Waals surface area (Å²) in [5.74, 6) is -0.388. The molecular formula is C46H49ClN2O6S2. The number of allylic oxidation sites excluding steroid dienone is 8. The largest absolute Gasteiger partial charge is 0.748 e. The van der Waals surface area contributed by atoms with E-state index in [1.54, 1.807) is 0 Å². The molecule has 8 nitrogen and oxygen atoms in total. The first-order valence-electron chi connectivity index (χ1n) is 19.9. The maximum absolute atomic E-state index is 13.0. The molecule has 298 valence electrons. The maximum atomic E-state index is 13.0. The van der Waals surface area contributed by atoms with Crippen LogP contribution in [0.25, 0.3) is 21.5 Å². The smallest absolute Gasteiger partial charge is 0.210 e. The van der Waals surface area contributed by atoms with Crippen molar-refractivity contribution in [2.24, 2.45) is 0 Å². The van der Waals surface area contributed by atoms with Gasteiger partial charge in [-0.25, -0.2) is 21.3 Å². The Morgan fingerprint density at radius 3 is 2.14 bits per heavy atom. The lowest BCUT2D eigenvalue weighted by molar-refractivity contribution is -0.438. The van der Waals surface area contributed by atoms with Gasteiger partial charge in [-0.1, -0.05) is 72.3 Å². The number of hydrogen-bond acceptors (Lipinski definition) is 6. The Labute approximate surface area is 341 Å². The summed E-state index contributed by atoms with van der Waals surface area (Å²) in [5, 5.41) is 4.01. The first kappa shape index (κ1) is 39.9. The topological polar surface area (TPSA) is 117 Å². The van der Waals surface area contributed by atoms with Gasteiger partial charge in [0.05, 0.1) is 27.5 Å². The summed E-state index contributed by atoms with van der Waals surface area (Å²) in [6.07, 6.45) is 12.5. The molecule has 1 spiro atoms. The van der Waals surface area contributed by atoms with Gasteiger partial charge in [0.1, 0.15) is 17.9 Å². The van der Waals surface area contributed by atoms with Crippen LogP contribution in [0.3, 0.4) is 0 Å². The summed E-state index contributed by atoms with van der Waals surface area (Å²) in [4.78, 5) is 0. The van der Waals surface area contributed by atoms with Crippen LogP contribution in [0.5, 0.6) is 0 Å².